The molecule has 2 aromatic carbocycles. The van der Waals surface area contributed by atoms with Gasteiger partial charge in [0.25, 0.3) is 0 Å². The van der Waals surface area contributed by atoms with E-state index in [2.05, 4.69) is 4.65 Å². The van der Waals surface area contributed by atoms with Gasteiger partial charge in [0.2, 0.25) is 5.82 Å². The highest BCUT2D eigenvalue weighted by Crippen LogP contribution is 2.48. The number of rotatable bonds is 2. The Hall–Kier alpha value is -2.27. The first-order valence-electron chi connectivity index (χ1n) is 6.24. The predicted octanol–water partition coefficient (Wildman–Crippen LogP) is 2.58. The monoisotopic (exact) mass is 352 g/mol. The zero-order valence-corrected chi connectivity index (χ0v) is 11.2. The third kappa shape index (κ3) is 2.08. The molecule has 0 atom stereocenters. The Kier molecular flexibility index (Phi) is 3.72. The molecule has 0 amide bonds. The lowest BCUT2D eigenvalue weighted by Gasteiger charge is -2.13. The molecule has 0 spiro atoms. The lowest BCUT2D eigenvalue weighted by Crippen LogP contribution is -2.22. The van der Waals surface area contributed by atoms with Crippen LogP contribution in [0.3, 0.4) is 0 Å². The molecule has 0 unspecified atom stereocenters. The molecule has 2 aromatic rings. The van der Waals surface area contributed by atoms with Crippen LogP contribution in [0.2, 0.25) is 0 Å². The molecule has 2 N–H and O–H groups in total. The molecule has 0 saturated carbocycles. The van der Waals surface area contributed by atoms with Gasteiger partial charge in [-0.05, 0) is 0 Å². The van der Waals surface area contributed by atoms with Crippen LogP contribution >= 0.6 is 0 Å². The average Bonchev–Trinajstić information content (AvgIpc) is 2.93. The van der Waals surface area contributed by atoms with Crippen LogP contribution < -0.4 is 4.65 Å². The van der Waals surface area contributed by atoms with Crippen LogP contribution in [0.15, 0.2) is 0 Å². The summed E-state index contributed by atoms with van der Waals surface area (Å²) >= 11 is 0. The Morgan fingerprint density at radius 2 is 1.08 bits per heavy atom. The number of hydrogen-bond donors (Lipinski definition) is 2. The fourth-order valence-electron chi connectivity index (χ4n) is 2.62. The zero-order valence-electron chi connectivity index (χ0n) is 11.2. The molecule has 0 radical (unpaired) electrons. The smallest absolute Gasteiger partial charge is 0.509 e. The summed E-state index contributed by atoms with van der Waals surface area (Å²) in [6.07, 6.45) is -0.888. The van der Waals surface area contributed by atoms with Crippen LogP contribution in [0.25, 0.3) is 11.1 Å². The van der Waals surface area contributed by atoms with Crippen LogP contribution in [-0.2, 0) is 6.42 Å². The van der Waals surface area contributed by atoms with E-state index in [1.807, 2.05) is 0 Å². The van der Waals surface area contributed by atoms with Crippen molar-refractivity contribution in [1.29, 1.82) is 0 Å². The second kappa shape index (κ2) is 5.38. The van der Waals surface area contributed by atoms with Crippen molar-refractivity contribution in [2.24, 2.45) is 0 Å². The molecule has 0 bridgehead atoms. The summed E-state index contributed by atoms with van der Waals surface area (Å²) in [7, 11) is -2.67. The summed E-state index contributed by atoms with van der Waals surface area (Å²) in [6, 6.07) is 0. The minimum Gasteiger partial charge on any atom is -0.509 e. The topological polar surface area (TPSA) is 49.7 Å². The Morgan fingerprint density at radius 1 is 0.625 bits per heavy atom. The van der Waals surface area contributed by atoms with Gasteiger partial charge in [-0.25, -0.2) is 26.3 Å². The van der Waals surface area contributed by atoms with Gasteiger partial charge in [0.15, 0.2) is 34.9 Å². The highest BCUT2D eigenvalue weighted by atomic mass is 19.2. The van der Waals surface area contributed by atoms with Crippen molar-refractivity contribution in [2.75, 3.05) is 0 Å². The maximum atomic E-state index is 14.0. The van der Waals surface area contributed by atoms with Gasteiger partial charge in [-0.3, -0.25) is 0 Å². The van der Waals surface area contributed by atoms with Gasteiger partial charge in [0, 0.05) is 28.7 Å². The molecule has 0 aliphatic heterocycles. The lowest BCUT2D eigenvalue weighted by molar-refractivity contribution is 0.277. The summed E-state index contributed by atoms with van der Waals surface area (Å²) in [5.74, 6) is -15.7. The van der Waals surface area contributed by atoms with E-state index in [0.29, 0.717) is 0 Å². The van der Waals surface area contributed by atoms with Gasteiger partial charge >= 0.3 is 7.32 Å². The summed E-state index contributed by atoms with van der Waals surface area (Å²) in [4.78, 5) is 0. The minimum absolute atomic E-state index is 0.725. The lowest BCUT2D eigenvalue weighted by atomic mass is 10.0. The third-order valence-corrected chi connectivity index (χ3v) is 3.57. The number of benzene rings is 2. The summed E-state index contributed by atoms with van der Waals surface area (Å²) in [6.45, 7) is 0. The molecule has 0 aromatic heterocycles. The van der Waals surface area contributed by atoms with Crippen molar-refractivity contribution in [1.82, 2.24) is 0 Å². The maximum Gasteiger partial charge on any atom is 0.707 e. The van der Waals surface area contributed by atoms with Crippen molar-refractivity contribution < 1.29 is 45.4 Å². The molecule has 0 saturated heterocycles. The van der Waals surface area contributed by atoms with Crippen molar-refractivity contribution >= 4 is 7.32 Å². The van der Waals surface area contributed by atoms with Crippen LogP contribution in [0.4, 0.5) is 30.7 Å². The number of halogens is 7. The van der Waals surface area contributed by atoms with Crippen LogP contribution in [0, 0.1) is 40.7 Å². The molecule has 24 heavy (non-hydrogen) atoms. The van der Waals surface area contributed by atoms with Gasteiger partial charge in [-0.2, -0.15) is 4.39 Å². The van der Waals surface area contributed by atoms with Crippen molar-refractivity contribution in [3.8, 4) is 16.9 Å². The number of hydrogen-bond acceptors (Lipinski definition) is 3. The summed E-state index contributed by atoms with van der Waals surface area (Å²) < 4.78 is 100.0. The van der Waals surface area contributed by atoms with E-state index in [4.69, 9.17) is 10.0 Å². The van der Waals surface area contributed by atoms with Gasteiger partial charge in [-0.15, -0.1) is 0 Å². The SMILES string of the molecule is OB(O)Oc1c(F)c(F)c(F)c2c1Cc1c(F)c(F)c(F)c(F)c1-2. The van der Waals surface area contributed by atoms with Crippen molar-refractivity contribution in [3.05, 3.63) is 51.8 Å². The molecule has 0 heterocycles. The Labute approximate surface area is 129 Å². The zero-order chi connectivity index (χ0) is 17.9. The average molecular weight is 352 g/mol. The standard InChI is InChI=1S/C13H4BF7O3/c15-6-2-1-3-5(4(2)7(16)10(19)9(6)18)8(17)11(20)12(21)13(3)24-14(22)23/h22-23H,1H2. The first-order chi connectivity index (χ1) is 11.2. The largest absolute Gasteiger partial charge is 0.707 e. The highest BCUT2D eigenvalue weighted by Gasteiger charge is 2.39. The Bertz CT molecular complexity index is 885. The molecule has 3 nitrogen and oxygen atoms in total. The van der Waals surface area contributed by atoms with E-state index in [-0.39, 0.29) is 0 Å². The highest BCUT2D eigenvalue weighted by molar-refractivity contribution is 6.33. The molecule has 126 valence electrons. The van der Waals surface area contributed by atoms with Crippen LogP contribution in [0.1, 0.15) is 11.1 Å². The normalized spacial score (nSPS) is 12.2. The molecule has 0 fully saturated rings. The van der Waals surface area contributed by atoms with Gasteiger partial charge in [0.05, 0.1) is 0 Å². The molecule has 3 rings (SSSR count). The van der Waals surface area contributed by atoms with E-state index < -0.39 is 82.5 Å². The second-order valence-electron chi connectivity index (χ2n) is 4.86. The third-order valence-electron chi connectivity index (χ3n) is 3.57. The Balaban J connectivity index is 2.41. The molecular weight excluding hydrogens is 348 g/mol. The van der Waals surface area contributed by atoms with E-state index in [0.717, 1.165) is 0 Å². The number of fused-ring (bicyclic) bond motifs is 3. The molecular formula is C13H4BF7O3. The van der Waals surface area contributed by atoms with Gasteiger partial charge in [-0.1, -0.05) is 0 Å². The van der Waals surface area contributed by atoms with E-state index in [9.17, 15) is 30.7 Å². The maximum absolute atomic E-state index is 14.0. The fraction of sp³-hybridized carbons (Fsp3) is 0.0769. The van der Waals surface area contributed by atoms with Crippen molar-refractivity contribution in [3.63, 3.8) is 0 Å². The Morgan fingerprint density at radius 3 is 1.62 bits per heavy atom. The molecule has 1 aliphatic rings. The quantitative estimate of drug-likeness (QED) is 0.323. The predicted molar refractivity (Wildman–Crippen MR) is 65.2 cm³/mol. The second-order valence-corrected chi connectivity index (χ2v) is 4.86. The molecule has 11 heteroatoms. The first kappa shape index (κ1) is 16.6. The van der Waals surface area contributed by atoms with E-state index >= 15 is 0 Å². The van der Waals surface area contributed by atoms with Gasteiger partial charge in [0.1, 0.15) is 5.75 Å². The van der Waals surface area contributed by atoms with E-state index in [1.54, 1.807) is 0 Å². The van der Waals surface area contributed by atoms with Crippen LogP contribution in [0.5, 0.6) is 5.75 Å². The van der Waals surface area contributed by atoms with Gasteiger partial charge < -0.3 is 14.7 Å². The van der Waals surface area contributed by atoms with E-state index in [1.165, 1.54) is 0 Å². The summed E-state index contributed by atoms with van der Waals surface area (Å²) in [5, 5.41) is 17.4. The van der Waals surface area contributed by atoms with Crippen LogP contribution in [-0.4, -0.2) is 17.4 Å². The first-order valence-corrected chi connectivity index (χ1v) is 6.24. The van der Waals surface area contributed by atoms with Crippen molar-refractivity contribution in [2.45, 2.75) is 6.42 Å². The minimum atomic E-state index is -2.67. The molecule has 1 aliphatic carbocycles. The fourth-order valence-corrected chi connectivity index (χ4v) is 2.62. The summed E-state index contributed by atoms with van der Waals surface area (Å²) in [5.41, 5.74) is -3.83.